The number of ether oxygens (including phenoxy) is 1. The van der Waals surface area contributed by atoms with Crippen molar-refractivity contribution in [1.29, 1.82) is 0 Å². The third-order valence-electron chi connectivity index (χ3n) is 5.08. The Labute approximate surface area is 193 Å². The van der Waals surface area contributed by atoms with Crippen molar-refractivity contribution >= 4 is 23.4 Å². The molecule has 0 saturated carbocycles. The summed E-state index contributed by atoms with van der Waals surface area (Å²) in [6.07, 6.45) is 1.18. The van der Waals surface area contributed by atoms with Gasteiger partial charge in [-0.1, -0.05) is 0 Å². The molecular formula is C22H22F3N7O2. The number of carbonyl (C=O) groups excluding carboxylic acids is 1. The molecule has 12 heteroatoms. The van der Waals surface area contributed by atoms with E-state index in [1.165, 1.54) is 13.1 Å². The van der Waals surface area contributed by atoms with Crippen LogP contribution in [0.2, 0.25) is 0 Å². The number of nitrogens with zero attached hydrogens (tertiary/aromatic N) is 5. The molecule has 1 aliphatic heterocycles. The average Bonchev–Trinajstić information content (AvgIpc) is 2.79. The summed E-state index contributed by atoms with van der Waals surface area (Å²) in [7, 11) is 0. The molecular weight excluding hydrogens is 451 g/mol. The van der Waals surface area contributed by atoms with Gasteiger partial charge in [0.25, 0.3) is 0 Å². The fraction of sp³-hybridized carbons (Fsp3) is 0.318. The molecule has 1 amide bonds. The van der Waals surface area contributed by atoms with E-state index in [0.717, 1.165) is 25.0 Å². The molecule has 4 rings (SSSR count). The van der Waals surface area contributed by atoms with Crippen LogP contribution in [0, 0.1) is 0 Å². The van der Waals surface area contributed by atoms with Crippen molar-refractivity contribution in [1.82, 2.24) is 25.3 Å². The van der Waals surface area contributed by atoms with Crippen molar-refractivity contribution in [3.05, 3.63) is 48.9 Å². The smallest absolute Gasteiger partial charge is 0.406 e. The summed E-state index contributed by atoms with van der Waals surface area (Å²) in [5.41, 5.74) is 0.683. The second-order valence-electron chi connectivity index (χ2n) is 7.69. The molecule has 0 bridgehead atoms. The number of amides is 1. The minimum atomic E-state index is -4.81. The highest BCUT2D eigenvalue weighted by molar-refractivity contribution is 5.73. The van der Waals surface area contributed by atoms with E-state index in [-0.39, 0.29) is 17.8 Å². The maximum Gasteiger partial charge on any atom is 0.573 e. The Morgan fingerprint density at radius 2 is 1.91 bits per heavy atom. The first-order chi connectivity index (χ1) is 16.2. The van der Waals surface area contributed by atoms with E-state index in [4.69, 9.17) is 0 Å². The first kappa shape index (κ1) is 23.2. The van der Waals surface area contributed by atoms with Crippen LogP contribution in [0.15, 0.2) is 48.9 Å². The largest absolute Gasteiger partial charge is 0.573 e. The molecule has 0 atom stereocenters. The normalized spacial score (nSPS) is 14.5. The summed E-state index contributed by atoms with van der Waals surface area (Å²) in [4.78, 5) is 30.8. The maximum absolute atomic E-state index is 12.6. The van der Waals surface area contributed by atoms with Gasteiger partial charge in [-0.05, 0) is 31.0 Å². The number of nitrogens with one attached hydrogen (secondary N) is 2. The van der Waals surface area contributed by atoms with E-state index in [2.05, 4.69) is 40.2 Å². The lowest BCUT2D eigenvalue weighted by atomic mass is 10.1. The van der Waals surface area contributed by atoms with Gasteiger partial charge in [0.1, 0.15) is 23.2 Å². The zero-order chi connectivity index (χ0) is 24.1. The number of halogens is 3. The van der Waals surface area contributed by atoms with Gasteiger partial charge < -0.3 is 20.3 Å². The van der Waals surface area contributed by atoms with E-state index in [1.54, 1.807) is 24.5 Å². The number of hydrogen-bond acceptors (Lipinski definition) is 8. The van der Waals surface area contributed by atoms with Crippen LogP contribution in [0.1, 0.15) is 19.8 Å². The molecule has 178 valence electrons. The summed E-state index contributed by atoms with van der Waals surface area (Å²) in [5, 5.41) is 5.88. The van der Waals surface area contributed by atoms with Crippen molar-refractivity contribution in [2.24, 2.45) is 0 Å². The van der Waals surface area contributed by atoms with Crippen LogP contribution < -0.4 is 20.3 Å². The summed E-state index contributed by atoms with van der Waals surface area (Å²) in [6.45, 7) is 2.83. The lowest BCUT2D eigenvalue weighted by molar-refractivity contribution is -0.274. The molecule has 2 N–H and O–H groups in total. The van der Waals surface area contributed by atoms with E-state index in [0.29, 0.717) is 36.1 Å². The van der Waals surface area contributed by atoms with Crippen molar-refractivity contribution in [2.45, 2.75) is 32.2 Å². The number of aromatic nitrogens is 4. The number of hydrogen-bond donors (Lipinski definition) is 2. The molecule has 3 aromatic heterocycles. The molecule has 1 aliphatic rings. The minimum Gasteiger partial charge on any atom is -0.406 e. The van der Waals surface area contributed by atoms with Gasteiger partial charge in [0, 0.05) is 62.3 Å². The third kappa shape index (κ3) is 6.30. The lowest BCUT2D eigenvalue weighted by Crippen LogP contribution is -2.44. The highest BCUT2D eigenvalue weighted by Gasteiger charge is 2.31. The summed E-state index contributed by atoms with van der Waals surface area (Å²) in [6, 6.07) is 7.64. The van der Waals surface area contributed by atoms with Crippen LogP contribution in [0.4, 0.5) is 30.6 Å². The Bertz CT molecular complexity index is 1140. The Morgan fingerprint density at radius 1 is 1.12 bits per heavy atom. The first-order valence-electron chi connectivity index (χ1n) is 10.6. The monoisotopic (exact) mass is 473 g/mol. The minimum absolute atomic E-state index is 0.0601. The van der Waals surface area contributed by atoms with Gasteiger partial charge in [-0.15, -0.1) is 13.2 Å². The molecule has 0 aliphatic carbocycles. The van der Waals surface area contributed by atoms with Crippen molar-refractivity contribution < 1.29 is 22.7 Å². The van der Waals surface area contributed by atoms with Crippen molar-refractivity contribution in [3.8, 4) is 17.1 Å². The molecule has 0 aromatic carbocycles. The number of rotatable bonds is 6. The predicted octanol–water partition coefficient (Wildman–Crippen LogP) is 3.68. The van der Waals surface area contributed by atoms with Gasteiger partial charge in [-0.2, -0.15) is 0 Å². The number of pyridine rings is 2. The fourth-order valence-electron chi connectivity index (χ4n) is 3.63. The number of alkyl halides is 3. The van der Waals surface area contributed by atoms with E-state index >= 15 is 0 Å². The van der Waals surface area contributed by atoms with Crippen LogP contribution in [0.25, 0.3) is 11.4 Å². The molecule has 0 spiro atoms. The SMILES string of the molecule is CC(=O)NC1CCN(c2cc(Nc3cc(OC(F)(F)F)ccn3)nc(-c3cccnc3)n2)CC1. The van der Waals surface area contributed by atoms with Crippen LogP contribution in [-0.4, -0.2) is 51.3 Å². The van der Waals surface area contributed by atoms with Crippen LogP contribution in [0.3, 0.4) is 0 Å². The second kappa shape index (κ2) is 9.89. The Hall–Kier alpha value is -3.96. The Balaban J connectivity index is 1.60. The lowest BCUT2D eigenvalue weighted by Gasteiger charge is -2.33. The topological polar surface area (TPSA) is 105 Å². The highest BCUT2D eigenvalue weighted by Crippen LogP contribution is 2.28. The predicted molar refractivity (Wildman–Crippen MR) is 119 cm³/mol. The van der Waals surface area contributed by atoms with Gasteiger partial charge in [-0.25, -0.2) is 15.0 Å². The van der Waals surface area contributed by atoms with E-state index in [9.17, 15) is 18.0 Å². The van der Waals surface area contributed by atoms with Crippen LogP contribution in [-0.2, 0) is 4.79 Å². The van der Waals surface area contributed by atoms with Gasteiger partial charge in [0.15, 0.2) is 5.82 Å². The van der Waals surface area contributed by atoms with Gasteiger partial charge in [0.2, 0.25) is 5.91 Å². The molecule has 9 nitrogen and oxygen atoms in total. The van der Waals surface area contributed by atoms with Gasteiger partial charge in [0.05, 0.1) is 0 Å². The van der Waals surface area contributed by atoms with Gasteiger partial charge >= 0.3 is 6.36 Å². The zero-order valence-corrected chi connectivity index (χ0v) is 18.2. The zero-order valence-electron chi connectivity index (χ0n) is 18.2. The average molecular weight is 473 g/mol. The highest BCUT2D eigenvalue weighted by atomic mass is 19.4. The van der Waals surface area contributed by atoms with Crippen LogP contribution >= 0.6 is 0 Å². The summed E-state index contributed by atoms with van der Waals surface area (Å²) >= 11 is 0. The molecule has 4 heterocycles. The summed E-state index contributed by atoms with van der Waals surface area (Å²) < 4.78 is 41.7. The molecule has 0 unspecified atom stereocenters. The molecule has 1 saturated heterocycles. The fourth-order valence-corrected chi connectivity index (χ4v) is 3.63. The molecule has 1 fully saturated rings. The second-order valence-corrected chi connectivity index (χ2v) is 7.69. The van der Waals surface area contributed by atoms with E-state index < -0.39 is 12.1 Å². The van der Waals surface area contributed by atoms with Crippen molar-refractivity contribution in [2.75, 3.05) is 23.3 Å². The standard InChI is InChI=1S/C22H22F3N7O2/c1-14(33)28-16-5-9-32(10-6-16)20-12-19(30-21(31-20)15-3-2-7-26-13-15)29-18-11-17(4-8-27-18)34-22(23,24)25/h2-4,7-8,11-13,16H,5-6,9-10H2,1H3,(H,28,33)(H,27,29,30,31). The molecule has 3 aromatic rings. The number of anilines is 3. The first-order valence-corrected chi connectivity index (χ1v) is 10.6. The molecule has 34 heavy (non-hydrogen) atoms. The summed E-state index contributed by atoms with van der Waals surface area (Å²) in [5.74, 6) is 1.07. The molecule has 0 radical (unpaired) electrons. The van der Waals surface area contributed by atoms with E-state index in [1.807, 2.05) is 6.07 Å². The van der Waals surface area contributed by atoms with Gasteiger partial charge in [-0.3, -0.25) is 9.78 Å². The third-order valence-corrected chi connectivity index (χ3v) is 5.08. The van der Waals surface area contributed by atoms with Crippen molar-refractivity contribution in [3.63, 3.8) is 0 Å². The Kier molecular flexibility index (Phi) is 6.75. The maximum atomic E-state index is 12.6. The number of carbonyl (C=O) groups is 1. The van der Waals surface area contributed by atoms with Crippen LogP contribution in [0.5, 0.6) is 5.75 Å². The Morgan fingerprint density at radius 3 is 2.59 bits per heavy atom. The quantitative estimate of drug-likeness (QED) is 0.559. The number of piperidine rings is 1.